The van der Waals surface area contributed by atoms with E-state index in [0.717, 1.165) is 18.1 Å². The van der Waals surface area contributed by atoms with E-state index in [9.17, 15) is 4.79 Å². The van der Waals surface area contributed by atoms with Crippen molar-refractivity contribution in [3.63, 3.8) is 0 Å². The molecule has 1 aromatic heterocycles. The van der Waals surface area contributed by atoms with Gasteiger partial charge in [0, 0.05) is 25.3 Å². The summed E-state index contributed by atoms with van der Waals surface area (Å²) < 4.78 is 18.3. The van der Waals surface area contributed by atoms with Crippen LogP contribution in [-0.4, -0.2) is 40.3 Å². The van der Waals surface area contributed by atoms with Gasteiger partial charge in [-0.05, 0) is 32.0 Å². The number of nitrogens with zero attached hydrogens (tertiary/aromatic N) is 3. The first-order valence-corrected chi connectivity index (χ1v) is 8.51. The molecule has 0 saturated heterocycles. The van der Waals surface area contributed by atoms with Gasteiger partial charge in [0.15, 0.2) is 11.5 Å². The Morgan fingerprint density at radius 1 is 1.32 bits per heavy atom. The van der Waals surface area contributed by atoms with E-state index in [1.807, 2.05) is 24.9 Å². The highest BCUT2D eigenvalue weighted by Gasteiger charge is 2.31. The van der Waals surface area contributed by atoms with Crippen LogP contribution < -0.4 is 9.47 Å². The third kappa shape index (κ3) is 2.74. The number of benzene rings is 1. The van der Waals surface area contributed by atoms with Crippen molar-refractivity contribution in [2.75, 3.05) is 19.9 Å². The summed E-state index contributed by atoms with van der Waals surface area (Å²) >= 11 is 0. The van der Waals surface area contributed by atoms with E-state index >= 15 is 0 Å². The van der Waals surface area contributed by atoms with E-state index in [-0.39, 0.29) is 18.7 Å². The quantitative estimate of drug-likeness (QED) is 0.853. The molecule has 7 heteroatoms. The van der Waals surface area contributed by atoms with Gasteiger partial charge >= 0.3 is 0 Å². The molecule has 2 aromatic rings. The average Bonchev–Trinajstić information content (AvgIpc) is 3.26. The van der Waals surface area contributed by atoms with Crippen LogP contribution in [0.4, 0.5) is 0 Å². The zero-order valence-electron chi connectivity index (χ0n) is 14.4. The van der Waals surface area contributed by atoms with Gasteiger partial charge in [0.25, 0.3) is 5.91 Å². The maximum absolute atomic E-state index is 13.0. The maximum atomic E-state index is 13.0. The Labute approximate surface area is 146 Å². The number of aromatic nitrogens is 2. The molecule has 1 amide bonds. The van der Waals surface area contributed by atoms with Crippen molar-refractivity contribution in [2.24, 2.45) is 0 Å². The van der Waals surface area contributed by atoms with E-state index in [1.165, 1.54) is 0 Å². The highest BCUT2D eigenvalue weighted by Crippen LogP contribution is 2.34. The Bertz CT molecular complexity index is 802. The van der Waals surface area contributed by atoms with Crippen LogP contribution in [0.15, 0.2) is 24.4 Å². The molecule has 3 heterocycles. The molecule has 0 fully saturated rings. The molecule has 25 heavy (non-hydrogen) atoms. The smallest absolute Gasteiger partial charge is 0.254 e. The number of ether oxygens (including phenoxy) is 3. The number of hydrogen-bond donors (Lipinski definition) is 0. The highest BCUT2D eigenvalue weighted by atomic mass is 16.7. The SMILES string of the molecule is CCOCc1cnc2n1CCN(C(=O)c1ccc3c(c1)OCO3)[C@H]2C. The molecule has 1 aromatic carbocycles. The fourth-order valence-corrected chi connectivity index (χ4v) is 3.35. The second kappa shape index (κ2) is 6.40. The van der Waals surface area contributed by atoms with Gasteiger partial charge < -0.3 is 23.7 Å². The molecule has 1 atom stereocenters. The molecule has 0 bridgehead atoms. The van der Waals surface area contributed by atoms with Crippen molar-refractivity contribution >= 4 is 5.91 Å². The van der Waals surface area contributed by atoms with Gasteiger partial charge in [-0.1, -0.05) is 0 Å². The fourth-order valence-electron chi connectivity index (χ4n) is 3.35. The largest absolute Gasteiger partial charge is 0.454 e. The molecule has 0 unspecified atom stereocenters. The predicted molar refractivity (Wildman–Crippen MR) is 89.6 cm³/mol. The molecule has 132 valence electrons. The highest BCUT2D eigenvalue weighted by molar-refractivity contribution is 5.95. The number of rotatable bonds is 4. The molecule has 0 saturated carbocycles. The van der Waals surface area contributed by atoms with Crippen LogP contribution in [0.2, 0.25) is 0 Å². The lowest BCUT2D eigenvalue weighted by Crippen LogP contribution is -2.41. The van der Waals surface area contributed by atoms with E-state index < -0.39 is 0 Å². The molecule has 0 radical (unpaired) electrons. The summed E-state index contributed by atoms with van der Waals surface area (Å²) in [5.41, 5.74) is 1.66. The summed E-state index contributed by atoms with van der Waals surface area (Å²) in [5.74, 6) is 2.18. The lowest BCUT2D eigenvalue weighted by Gasteiger charge is -2.34. The third-order valence-electron chi connectivity index (χ3n) is 4.71. The van der Waals surface area contributed by atoms with Gasteiger partial charge in [-0.3, -0.25) is 4.79 Å². The van der Waals surface area contributed by atoms with Crippen LogP contribution in [0.25, 0.3) is 0 Å². The van der Waals surface area contributed by atoms with Gasteiger partial charge in [0.1, 0.15) is 5.82 Å². The van der Waals surface area contributed by atoms with Gasteiger partial charge in [-0.2, -0.15) is 0 Å². The Morgan fingerprint density at radius 3 is 3.00 bits per heavy atom. The van der Waals surface area contributed by atoms with E-state index in [4.69, 9.17) is 14.2 Å². The van der Waals surface area contributed by atoms with E-state index in [0.29, 0.717) is 36.8 Å². The summed E-state index contributed by atoms with van der Waals surface area (Å²) in [4.78, 5) is 19.3. The molecule has 0 N–H and O–H groups in total. The summed E-state index contributed by atoms with van der Waals surface area (Å²) in [6, 6.07) is 5.22. The fraction of sp³-hybridized carbons (Fsp3) is 0.444. The zero-order valence-corrected chi connectivity index (χ0v) is 14.4. The van der Waals surface area contributed by atoms with Crippen LogP contribution in [0.1, 0.15) is 41.8 Å². The first kappa shape index (κ1) is 16.0. The second-order valence-corrected chi connectivity index (χ2v) is 6.14. The van der Waals surface area contributed by atoms with Crippen LogP contribution in [-0.2, 0) is 17.9 Å². The molecule has 0 aliphatic carbocycles. The summed E-state index contributed by atoms with van der Waals surface area (Å²) in [6.07, 6.45) is 1.84. The Morgan fingerprint density at radius 2 is 2.16 bits per heavy atom. The number of amides is 1. The van der Waals surface area contributed by atoms with Crippen molar-refractivity contribution in [1.29, 1.82) is 0 Å². The minimum absolute atomic E-state index is 0.0218. The first-order valence-electron chi connectivity index (χ1n) is 8.51. The summed E-state index contributed by atoms with van der Waals surface area (Å²) in [7, 11) is 0. The van der Waals surface area contributed by atoms with Gasteiger partial charge in [0.2, 0.25) is 6.79 Å². The van der Waals surface area contributed by atoms with Crippen molar-refractivity contribution in [3.05, 3.63) is 41.5 Å². The number of carbonyl (C=O) groups excluding carboxylic acids is 1. The molecular weight excluding hydrogens is 322 g/mol. The number of carbonyl (C=O) groups is 1. The summed E-state index contributed by atoms with van der Waals surface area (Å²) in [5, 5.41) is 0. The molecule has 0 spiro atoms. The van der Waals surface area contributed by atoms with E-state index in [2.05, 4.69) is 9.55 Å². The van der Waals surface area contributed by atoms with Crippen LogP contribution in [0.5, 0.6) is 11.5 Å². The lowest BCUT2D eigenvalue weighted by atomic mass is 10.1. The van der Waals surface area contributed by atoms with Crippen molar-refractivity contribution in [3.8, 4) is 11.5 Å². The minimum Gasteiger partial charge on any atom is -0.454 e. The average molecular weight is 343 g/mol. The predicted octanol–water partition coefficient (Wildman–Crippen LogP) is 2.37. The van der Waals surface area contributed by atoms with Crippen molar-refractivity contribution < 1.29 is 19.0 Å². The minimum atomic E-state index is -0.0953. The normalized spacial score (nSPS) is 18.3. The van der Waals surface area contributed by atoms with Crippen LogP contribution >= 0.6 is 0 Å². The van der Waals surface area contributed by atoms with Crippen molar-refractivity contribution in [2.45, 2.75) is 33.0 Å². The Hall–Kier alpha value is -2.54. The van der Waals surface area contributed by atoms with Gasteiger partial charge in [-0.25, -0.2) is 4.98 Å². The van der Waals surface area contributed by atoms with Gasteiger partial charge in [0.05, 0.1) is 24.5 Å². The molecule has 4 rings (SSSR count). The number of imidazole rings is 1. The number of hydrogen-bond acceptors (Lipinski definition) is 5. The Kier molecular flexibility index (Phi) is 4.09. The first-order chi connectivity index (χ1) is 12.2. The van der Waals surface area contributed by atoms with Crippen LogP contribution in [0.3, 0.4) is 0 Å². The molecule has 7 nitrogen and oxygen atoms in total. The topological polar surface area (TPSA) is 65.8 Å². The van der Waals surface area contributed by atoms with E-state index in [1.54, 1.807) is 18.2 Å². The third-order valence-corrected chi connectivity index (χ3v) is 4.71. The molecular formula is C18H21N3O4. The maximum Gasteiger partial charge on any atom is 0.254 e. The monoisotopic (exact) mass is 343 g/mol. The standard InChI is InChI=1S/C18H21N3O4/c1-3-23-10-14-9-19-17-12(2)20(6-7-21(14)17)18(22)13-4-5-15-16(8-13)25-11-24-15/h4-5,8-9,12H,3,6-7,10-11H2,1-2H3/t12-/m0/s1. The Balaban J connectivity index is 1.56. The number of fused-ring (bicyclic) bond motifs is 2. The molecule has 2 aliphatic heterocycles. The van der Waals surface area contributed by atoms with Crippen molar-refractivity contribution in [1.82, 2.24) is 14.5 Å². The lowest BCUT2D eigenvalue weighted by molar-refractivity contribution is 0.0629. The summed E-state index contributed by atoms with van der Waals surface area (Å²) in [6.45, 7) is 6.76. The van der Waals surface area contributed by atoms with Gasteiger partial charge in [-0.15, -0.1) is 0 Å². The molecule has 2 aliphatic rings. The van der Waals surface area contributed by atoms with Crippen LogP contribution in [0, 0.1) is 0 Å². The second-order valence-electron chi connectivity index (χ2n) is 6.14. The zero-order chi connectivity index (χ0) is 17.4.